The van der Waals surface area contributed by atoms with Gasteiger partial charge < -0.3 is 25.3 Å². The summed E-state index contributed by atoms with van der Waals surface area (Å²) < 4.78 is 0. The normalized spacial score (nSPS) is 11.2. The molecule has 0 heterocycles. The molecule has 0 aliphatic carbocycles. The maximum absolute atomic E-state index is 10.7. The van der Waals surface area contributed by atoms with Crippen molar-refractivity contribution in [3.05, 3.63) is 0 Å². The van der Waals surface area contributed by atoms with Crippen LogP contribution in [0.25, 0.3) is 0 Å². The van der Waals surface area contributed by atoms with Crippen molar-refractivity contribution in [3.63, 3.8) is 0 Å². The van der Waals surface area contributed by atoms with E-state index >= 15 is 0 Å². The van der Waals surface area contributed by atoms with Gasteiger partial charge in [0.15, 0.2) is 0 Å². The molecular formula is C13H23N3O8. The fourth-order valence-electron chi connectivity index (χ4n) is 1.93. The molecule has 11 heteroatoms. The first kappa shape index (κ1) is 21.8. The van der Waals surface area contributed by atoms with Gasteiger partial charge in [-0.3, -0.25) is 29.0 Å². The van der Waals surface area contributed by atoms with Gasteiger partial charge in [-0.2, -0.15) is 0 Å². The zero-order chi connectivity index (χ0) is 18.7. The molecule has 0 fully saturated rings. The van der Waals surface area contributed by atoms with Crippen molar-refractivity contribution in [2.45, 2.75) is 0 Å². The van der Waals surface area contributed by atoms with Crippen molar-refractivity contribution in [2.24, 2.45) is 0 Å². The van der Waals surface area contributed by atoms with Gasteiger partial charge in [0.05, 0.1) is 26.2 Å². The maximum Gasteiger partial charge on any atom is 0.317 e. The van der Waals surface area contributed by atoms with Crippen LogP contribution in [0, 0.1) is 0 Å². The van der Waals surface area contributed by atoms with Crippen LogP contribution in [0.3, 0.4) is 0 Å². The molecule has 4 N–H and O–H groups in total. The van der Waals surface area contributed by atoms with Crippen LogP contribution in [0.4, 0.5) is 0 Å². The number of likely N-dealkylation sites (N-methyl/N-ethyl adjacent to an activating group) is 1. The first-order chi connectivity index (χ1) is 11.1. The predicted octanol–water partition coefficient (Wildman–Crippen LogP) is -2.14. The van der Waals surface area contributed by atoms with E-state index in [1.54, 1.807) is 11.9 Å². The third kappa shape index (κ3) is 12.3. The molecule has 138 valence electrons. The van der Waals surface area contributed by atoms with Gasteiger partial charge in [0.2, 0.25) is 0 Å². The minimum Gasteiger partial charge on any atom is -0.480 e. The van der Waals surface area contributed by atoms with Gasteiger partial charge in [-0.15, -0.1) is 0 Å². The molecule has 0 aliphatic heterocycles. The average Bonchev–Trinajstić information content (AvgIpc) is 2.39. The summed E-state index contributed by atoms with van der Waals surface area (Å²) in [6, 6.07) is 0. The molecular weight excluding hydrogens is 326 g/mol. The number of aliphatic carboxylic acids is 4. The van der Waals surface area contributed by atoms with Crippen molar-refractivity contribution < 1.29 is 39.6 Å². The van der Waals surface area contributed by atoms with Crippen molar-refractivity contribution in [1.29, 1.82) is 0 Å². The number of carboxylic acid groups (broad SMARTS) is 4. The predicted molar refractivity (Wildman–Crippen MR) is 80.9 cm³/mol. The summed E-state index contributed by atoms with van der Waals surface area (Å²) in [6.45, 7) is -0.480. The molecule has 0 saturated heterocycles. The van der Waals surface area contributed by atoms with Crippen LogP contribution in [0.2, 0.25) is 0 Å². The second-order valence-corrected chi connectivity index (χ2v) is 5.30. The molecule has 0 spiro atoms. The zero-order valence-electron chi connectivity index (χ0n) is 13.4. The Hall–Kier alpha value is -2.24. The van der Waals surface area contributed by atoms with Crippen LogP contribution in [0.1, 0.15) is 0 Å². The fourth-order valence-corrected chi connectivity index (χ4v) is 1.93. The van der Waals surface area contributed by atoms with Crippen LogP contribution in [-0.2, 0) is 19.2 Å². The van der Waals surface area contributed by atoms with Crippen LogP contribution in [0.15, 0.2) is 0 Å². The molecule has 0 bridgehead atoms. The van der Waals surface area contributed by atoms with E-state index in [0.717, 1.165) is 0 Å². The first-order valence-electron chi connectivity index (χ1n) is 7.10. The van der Waals surface area contributed by atoms with Gasteiger partial charge in [-0.05, 0) is 7.05 Å². The van der Waals surface area contributed by atoms with Gasteiger partial charge in [-0.25, -0.2) is 0 Å². The van der Waals surface area contributed by atoms with Crippen LogP contribution < -0.4 is 0 Å². The third-order valence-electron chi connectivity index (χ3n) is 3.03. The quantitative estimate of drug-likeness (QED) is 0.271. The smallest absolute Gasteiger partial charge is 0.317 e. The Labute approximate surface area is 138 Å². The van der Waals surface area contributed by atoms with Gasteiger partial charge >= 0.3 is 23.9 Å². The molecule has 0 aromatic heterocycles. The van der Waals surface area contributed by atoms with Crippen LogP contribution >= 0.6 is 0 Å². The summed E-state index contributed by atoms with van der Waals surface area (Å²) in [5.41, 5.74) is 0. The Bertz CT molecular complexity index is 384. The Morgan fingerprint density at radius 2 is 0.833 bits per heavy atom. The topological polar surface area (TPSA) is 159 Å². The van der Waals surface area contributed by atoms with Crippen molar-refractivity contribution >= 4 is 23.9 Å². The lowest BCUT2D eigenvalue weighted by atomic mass is 10.4. The van der Waals surface area contributed by atoms with Crippen molar-refractivity contribution in [1.82, 2.24) is 14.7 Å². The van der Waals surface area contributed by atoms with Gasteiger partial charge in [-0.1, -0.05) is 0 Å². The second-order valence-electron chi connectivity index (χ2n) is 5.30. The number of nitrogens with zero attached hydrogens (tertiary/aromatic N) is 3. The van der Waals surface area contributed by atoms with Crippen molar-refractivity contribution in [2.75, 3.05) is 59.4 Å². The highest BCUT2D eigenvalue weighted by Crippen LogP contribution is 1.94. The van der Waals surface area contributed by atoms with E-state index in [9.17, 15) is 19.2 Å². The molecule has 0 saturated carbocycles. The number of carbonyl (C=O) groups is 4. The Kier molecular flexibility index (Phi) is 10.3. The number of rotatable bonds is 14. The van der Waals surface area contributed by atoms with E-state index in [4.69, 9.17) is 20.4 Å². The summed E-state index contributed by atoms with van der Waals surface area (Å²) in [4.78, 5) is 47.0. The number of carboxylic acids is 4. The summed E-state index contributed by atoms with van der Waals surface area (Å²) in [5.74, 6) is -4.53. The minimum absolute atomic E-state index is 0.201. The Balaban J connectivity index is 4.34. The lowest BCUT2D eigenvalue weighted by molar-refractivity contribution is -0.143. The highest BCUT2D eigenvalue weighted by atomic mass is 16.4. The molecule has 0 rings (SSSR count). The van der Waals surface area contributed by atoms with E-state index in [0.29, 0.717) is 13.1 Å². The highest BCUT2D eigenvalue weighted by Gasteiger charge is 2.16. The fraction of sp³-hybridized carbons (Fsp3) is 0.692. The molecule has 0 radical (unpaired) electrons. The molecule has 0 atom stereocenters. The second kappa shape index (κ2) is 11.3. The van der Waals surface area contributed by atoms with Crippen LogP contribution in [-0.4, -0.2) is 118 Å². The summed E-state index contributed by atoms with van der Waals surface area (Å²) in [7, 11) is 1.69. The summed E-state index contributed by atoms with van der Waals surface area (Å²) in [6.07, 6.45) is 0. The molecule has 24 heavy (non-hydrogen) atoms. The SMILES string of the molecule is CN(CCN(CC(=O)O)CC(=O)O)CCN(CC(=O)O)CC(=O)O. The lowest BCUT2D eigenvalue weighted by Crippen LogP contribution is -2.43. The van der Waals surface area contributed by atoms with Gasteiger partial charge in [0, 0.05) is 26.2 Å². The molecule has 11 nitrogen and oxygen atoms in total. The van der Waals surface area contributed by atoms with E-state index in [1.165, 1.54) is 9.80 Å². The highest BCUT2D eigenvalue weighted by molar-refractivity contribution is 5.73. The standard InChI is InChI=1S/C13H23N3O8/c1-14(2-4-15(6-10(17)18)7-11(19)20)3-5-16(8-12(21)22)9-13(23)24/h2-9H2,1H3,(H,17,18)(H,19,20)(H,21,22)(H,23,24). The maximum atomic E-state index is 10.7. The van der Waals surface area contributed by atoms with Gasteiger partial charge in [0.1, 0.15) is 0 Å². The van der Waals surface area contributed by atoms with Crippen LogP contribution in [0.5, 0.6) is 0 Å². The third-order valence-corrected chi connectivity index (χ3v) is 3.03. The summed E-state index contributed by atoms with van der Waals surface area (Å²) in [5, 5.41) is 35.0. The molecule has 0 aliphatic rings. The molecule has 0 aromatic rings. The van der Waals surface area contributed by atoms with E-state index in [1.807, 2.05) is 0 Å². The largest absolute Gasteiger partial charge is 0.480 e. The Morgan fingerprint density at radius 3 is 1.04 bits per heavy atom. The molecule has 0 unspecified atom stereocenters. The van der Waals surface area contributed by atoms with E-state index < -0.39 is 50.1 Å². The zero-order valence-corrected chi connectivity index (χ0v) is 13.4. The molecule has 0 amide bonds. The van der Waals surface area contributed by atoms with E-state index in [2.05, 4.69) is 0 Å². The van der Waals surface area contributed by atoms with Gasteiger partial charge in [0.25, 0.3) is 0 Å². The van der Waals surface area contributed by atoms with Crippen molar-refractivity contribution in [3.8, 4) is 0 Å². The minimum atomic E-state index is -1.13. The Morgan fingerprint density at radius 1 is 0.583 bits per heavy atom. The summed E-state index contributed by atoms with van der Waals surface area (Å²) >= 11 is 0. The number of hydrogen-bond acceptors (Lipinski definition) is 7. The monoisotopic (exact) mass is 349 g/mol. The first-order valence-corrected chi connectivity index (χ1v) is 7.10. The lowest BCUT2D eigenvalue weighted by Gasteiger charge is -2.25. The number of hydrogen-bond donors (Lipinski definition) is 4. The molecule has 0 aromatic carbocycles. The van der Waals surface area contributed by atoms with E-state index in [-0.39, 0.29) is 13.1 Å². The average molecular weight is 349 g/mol.